The lowest BCUT2D eigenvalue weighted by molar-refractivity contribution is 0.298. The number of hydrogen-bond donors (Lipinski definition) is 5. The maximum Gasteiger partial charge on any atom is 0.151 e. The summed E-state index contributed by atoms with van der Waals surface area (Å²) in [6.45, 7) is 4.13. The van der Waals surface area contributed by atoms with Crippen LogP contribution in [0.4, 0.5) is 0 Å². The van der Waals surface area contributed by atoms with Gasteiger partial charge in [-0.3, -0.25) is 11.1 Å². The van der Waals surface area contributed by atoms with E-state index in [0.29, 0.717) is 22.8 Å². The number of rotatable bonds is 5. The highest BCUT2D eigenvalue weighted by Gasteiger charge is 2.21. The quantitative estimate of drug-likeness (QED) is 0.512. The molecular formula is C15H23N5O2. The third-order valence-electron chi connectivity index (χ3n) is 3.44. The fraction of sp³-hybridized carbons (Fsp3) is 0.400. The summed E-state index contributed by atoms with van der Waals surface area (Å²) in [6.07, 6.45) is 1.99. The van der Waals surface area contributed by atoms with Crippen LogP contribution in [0.25, 0.3) is 0 Å². The molecule has 0 aromatic heterocycles. The number of nitrogens with one attached hydrogen (secondary N) is 3. The van der Waals surface area contributed by atoms with Gasteiger partial charge in [0.05, 0.1) is 7.11 Å². The van der Waals surface area contributed by atoms with Gasteiger partial charge in [-0.1, -0.05) is 13.8 Å². The molecule has 0 amide bonds. The predicted molar refractivity (Wildman–Crippen MR) is 85.9 cm³/mol. The van der Waals surface area contributed by atoms with Gasteiger partial charge in [-0.15, -0.1) is 0 Å². The Bertz CT molecular complexity index is 586. The van der Waals surface area contributed by atoms with Crippen LogP contribution in [0.15, 0.2) is 24.1 Å². The SMILES string of the molecule is COc1cc(C(C)C)c(OC2=CNC(N)NC2N)cc1C=N. The number of benzene rings is 1. The molecule has 2 unspecified atom stereocenters. The number of ether oxygens (including phenoxy) is 2. The Balaban J connectivity index is 2.39. The van der Waals surface area contributed by atoms with Gasteiger partial charge in [0.1, 0.15) is 24.0 Å². The van der Waals surface area contributed by atoms with Crippen LogP contribution in [0.2, 0.25) is 0 Å². The van der Waals surface area contributed by atoms with Gasteiger partial charge in [0.2, 0.25) is 0 Å². The molecule has 7 N–H and O–H groups in total. The maximum absolute atomic E-state index is 7.51. The van der Waals surface area contributed by atoms with Crippen molar-refractivity contribution in [3.05, 3.63) is 35.2 Å². The molecular weight excluding hydrogens is 282 g/mol. The summed E-state index contributed by atoms with van der Waals surface area (Å²) in [6, 6.07) is 3.67. The highest BCUT2D eigenvalue weighted by molar-refractivity contribution is 5.82. The van der Waals surface area contributed by atoms with Crippen molar-refractivity contribution in [2.45, 2.75) is 32.2 Å². The topological polar surface area (TPSA) is 118 Å². The highest BCUT2D eigenvalue weighted by atomic mass is 16.5. The zero-order chi connectivity index (χ0) is 16.3. The van der Waals surface area contributed by atoms with E-state index in [0.717, 1.165) is 5.56 Å². The zero-order valence-electron chi connectivity index (χ0n) is 13.0. The van der Waals surface area contributed by atoms with Crippen LogP contribution >= 0.6 is 0 Å². The largest absolute Gasteiger partial charge is 0.496 e. The van der Waals surface area contributed by atoms with E-state index < -0.39 is 12.5 Å². The molecule has 1 heterocycles. The minimum absolute atomic E-state index is 0.229. The van der Waals surface area contributed by atoms with E-state index in [4.69, 9.17) is 26.4 Å². The molecule has 0 saturated heterocycles. The monoisotopic (exact) mass is 305 g/mol. The van der Waals surface area contributed by atoms with Crippen LogP contribution < -0.4 is 31.6 Å². The van der Waals surface area contributed by atoms with Crippen molar-refractivity contribution >= 4 is 6.21 Å². The first-order chi connectivity index (χ1) is 10.5. The van der Waals surface area contributed by atoms with E-state index in [-0.39, 0.29) is 5.92 Å². The number of nitrogens with two attached hydrogens (primary N) is 2. The standard InChI is InChI=1S/C15H23N5O2/c1-8(2)10-5-11(21-3)9(6-16)4-12(10)22-13-7-19-15(18)20-14(13)17/h4-8,14-16,19-20H,17-18H2,1-3H3. The van der Waals surface area contributed by atoms with Crippen LogP contribution in [0.5, 0.6) is 11.5 Å². The van der Waals surface area contributed by atoms with Gasteiger partial charge in [-0.25, -0.2) is 0 Å². The smallest absolute Gasteiger partial charge is 0.151 e. The Labute approximate surface area is 130 Å². The summed E-state index contributed by atoms with van der Waals surface area (Å²) in [5.41, 5.74) is 13.3. The molecule has 1 aromatic rings. The zero-order valence-corrected chi connectivity index (χ0v) is 13.0. The molecule has 2 atom stereocenters. The molecule has 0 radical (unpaired) electrons. The first-order valence-electron chi connectivity index (χ1n) is 7.09. The summed E-state index contributed by atoms with van der Waals surface area (Å²) >= 11 is 0. The van der Waals surface area contributed by atoms with Crippen LogP contribution in [0.3, 0.4) is 0 Å². The van der Waals surface area contributed by atoms with Crippen LogP contribution in [-0.4, -0.2) is 25.8 Å². The maximum atomic E-state index is 7.51. The first-order valence-corrected chi connectivity index (χ1v) is 7.09. The molecule has 1 aliphatic heterocycles. The van der Waals surface area contributed by atoms with Crippen molar-refractivity contribution in [3.63, 3.8) is 0 Å². The van der Waals surface area contributed by atoms with Crippen molar-refractivity contribution in [2.75, 3.05) is 7.11 Å². The van der Waals surface area contributed by atoms with Crippen LogP contribution in [0, 0.1) is 5.41 Å². The van der Waals surface area contributed by atoms with E-state index in [9.17, 15) is 0 Å². The summed E-state index contributed by atoms with van der Waals surface area (Å²) in [7, 11) is 1.59. The van der Waals surface area contributed by atoms with Gasteiger partial charge < -0.3 is 25.9 Å². The van der Waals surface area contributed by atoms with Gasteiger partial charge in [0, 0.05) is 23.5 Å². The minimum atomic E-state index is -0.498. The second kappa shape index (κ2) is 6.78. The molecule has 120 valence electrons. The molecule has 1 aliphatic rings. The molecule has 7 nitrogen and oxygen atoms in total. The van der Waals surface area contributed by atoms with Gasteiger partial charge >= 0.3 is 0 Å². The molecule has 0 spiro atoms. The van der Waals surface area contributed by atoms with E-state index in [1.165, 1.54) is 6.21 Å². The number of hydrogen-bond acceptors (Lipinski definition) is 7. The lowest BCUT2D eigenvalue weighted by Crippen LogP contribution is -2.59. The van der Waals surface area contributed by atoms with Crippen molar-refractivity contribution in [3.8, 4) is 11.5 Å². The van der Waals surface area contributed by atoms with E-state index in [2.05, 4.69) is 24.5 Å². The molecule has 0 aliphatic carbocycles. The second-order valence-corrected chi connectivity index (χ2v) is 5.37. The average molecular weight is 305 g/mol. The van der Waals surface area contributed by atoms with Crippen molar-refractivity contribution in [2.24, 2.45) is 11.5 Å². The Morgan fingerprint density at radius 3 is 2.55 bits per heavy atom. The lowest BCUT2D eigenvalue weighted by Gasteiger charge is -2.28. The van der Waals surface area contributed by atoms with Crippen molar-refractivity contribution < 1.29 is 9.47 Å². The Kier molecular flexibility index (Phi) is 5.02. The molecule has 22 heavy (non-hydrogen) atoms. The molecule has 0 bridgehead atoms. The molecule has 2 rings (SSSR count). The average Bonchev–Trinajstić information content (AvgIpc) is 2.49. The Hall–Kier alpha value is -2.09. The molecule has 7 heteroatoms. The number of methoxy groups -OCH3 is 1. The summed E-state index contributed by atoms with van der Waals surface area (Å²) in [5, 5.41) is 13.4. The molecule has 0 fully saturated rings. The lowest BCUT2D eigenvalue weighted by atomic mass is 9.99. The summed E-state index contributed by atoms with van der Waals surface area (Å²) < 4.78 is 11.3. The van der Waals surface area contributed by atoms with Crippen LogP contribution in [-0.2, 0) is 0 Å². The first kappa shape index (κ1) is 16.3. The van der Waals surface area contributed by atoms with Crippen molar-refractivity contribution in [1.82, 2.24) is 10.6 Å². The predicted octanol–water partition coefficient (Wildman–Crippen LogP) is 0.756. The van der Waals surface area contributed by atoms with Crippen LogP contribution in [0.1, 0.15) is 30.9 Å². The highest BCUT2D eigenvalue weighted by Crippen LogP contribution is 2.34. The van der Waals surface area contributed by atoms with Crippen molar-refractivity contribution in [1.29, 1.82) is 5.41 Å². The van der Waals surface area contributed by atoms with Gasteiger partial charge in [-0.05, 0) is 18.1 Å². The summed E-state index contributed by atoms with van der Waals surface area (Å²) in [4.78, 5) is 0. The van der Waals surface area contributed by atoms with Gasteiger partial charge in [0.15, 0.2) is 5.76 Å². The third-order valence-corrected chi connectivity index (χ3v) is 3.44. The molecule has 1 aromatic carbocycles. The fourth-order valence-electron chi connectivity index (χ4n) is 2.23. The van der Waals surface area contributed by atoms with Gasteiger partial charge in [0.25, 0.3) is 0 Å². The normalized spacial score (nSPS) is 21.1. The minimum Gasteiger partial charge on any atom is -0.496 e. The summed E-state index contributed by atoms with van der Waals surface area (Å²) in [5.74, 6) is 2.05. The Morgan fingerprint density at radius 1 is 1.27 bits per heavy atom. The third kappa shape index (κ3) is 3.38. The second-order valence-electron chi connectivity index (χ2n) is 5.37. The molecule has 0 saturated carbocycles. The Morgan fingerprint density at radius 2 is 2.00 bits per heavy atom. The van der Waals surface area contributed by atoms with E-state index in [1.807, 2.05) is 6.07 Å². The fourth-order valence-corrected chi connectivity index (χ4v) is 2.23. The van der Waals surface area contributed by atoms with E-state index >= 15 is 0 Å². The van der Waals surface area contributed by atoms with Gasteiger partial charge in [-0.2, -0.15) is 0 Å². The van der Waals surface area contributed by atoms with E-state index in [1.54, 1.807) is 19.4 Å².